The summed E-state index contributed by atoms with van der Waals surface area (Å²) in [6.07, 6.45) is 0.396. The average Bonchev–Trinajstić information content (AvgIpc) is 2.87. The quantitative estimate of drug-likeness (QED) is 0.298. The minimum absolute atomic E-state index is 0.180. The van der Waals surface area contributed by atoms with Gasteiger partial charge in [0.15, 0.2) is 6.61 Å². The Kier molecular flexibility index (Phi) is 10.4. The number of nitrogens with one attached hydrogen (secondary N) is 1. The Balaban J connectivity index is 1.89. The number of aryl methyl sites for hydroxylation is 1. The molecule has 5 nitrogen and oxygen atoms in total. The molecule has 1 atom stereocenters. The SMILES string of the molecule is Cc1cc(OCC(=O)N(Cc2ccc(Br)cc2)C(Cc2ccccc2)C(=O)NCC(C)C)ccc1Cl. The van der Waals surface area contributed by atoms with E-state index >= 15 is 0 Å². The summed E-state index contributed by atoms with van der Waals surface area (Å²) in [4.78, 5) is 28.6. The van der Waals surface area contributed by atoms with Crippen LogP contribution in [-0.2, 0) is 22.6 Å². The molecule has 3 rings (SSSR count). The summed E-state index contributed by atoms with van der Waals surface area (Å²) in [5, 5.41) is 3.66. The summed E-state index contributed by atoms with van der Waals surface area (Å²) in [6, 6.07) is 22.1. The Hall–Kier alpha value is -2.83. The molecule has 1 N–H and O–H groups in total. The zero-order valence-electron chi connectivity index (χ0n) is 20.8. The van der Waals surface area contributed by atoms with Crippen LogP contribution in [0.4, 0.5) is 0 Å². The largest absolute Gasteiger partial charge is 0.484 e. The van der Waals surface area contributed by atoms with E-state index in [0.717, 1.165) is 21.2 Å². The van der Waals surface area contributed by atoms with Gasteiger partial charge in [-0.2, -0.15) is 0 Å². The third-order valence-corrected chi connectivity index (χ3v) is 6.67. The second-order valence-electron chi connectivity index (χ2n) is 9.19. The molecule has 2 amide bonds. The van der Waals surface area contributed by atoms with Crippen LogP contribution in [0.1, 0.15) is 30.5 Å². The maximum absolute atomic E-state index is 13.6. The van der Waals surface area contributed by atoms with Gasteiger partial charge in [0.25, 0.3) is 5.91 Å². The molecule has 0 fully saturated rings. The zero-order chi connectivity index (χ0) is 26.1. The molecule has 3 aromatic rings. The maximum Gasteiger partial charge on any atom is 0.261 e. The summed E-state index contributed by atoms with van der Waals surface area (Å²) in [6.45, 7) is 6.58. The molecule has 1 unspecified atom stereocenters. The van der Waals surface area contributed by atoms with Gasteiger partial charge in [-0.1, -0.05) is 83.8 Å². The van der Waals surface area contributed by atoms with E-state index in [1.807, 2.05) is 75.4 Å². The maximum atomic E-state index is 13.6. The number of hydrogen-bond donors (Lipinski definition) is 1. The third-order valence-electron chi connectivity index (χ3n) is 5.71. The molecule has 0 spiro atoms. The number of carbonyl (C=O) groups excluding carboxylic acids is 2. The van der Waals surface area contributed by atoms with E-state index in [1.54, 1.807) is 23.1 Å². The number of ether oxygens (including phenoxy) is 1. The second-order valence-corrected chi connectivity index (χ2v) is 10.5. The van der Waals surface area contributed by atoms with Crippen molar-refractivity contribution < 1.29 is 14.3 Å². The van der Waals surface area contributed by atoms with Crippen molar-refractivity contribution in [1.82, 2.24) is 10.2 Å². The van der Waals surface area contributed by atoms with Crippen LogP contribution in [0.2, 0.25) is 5.02 Å². The molecule has 0 bridgehead atoms. The van der Waals surface area contributed by atoms with Crippen molar-refractivity contribution in [2.75, 3.05) is 13.2 Å². The van der Waals surface area contributed by atoms with E-state index in [9.17, 15) is 9.59 Å². The Morgan fingerprint density at radius 3 is 2.33 bits per heavy atom. The van der Waals surface area contributed by atoms with Crippen LogP contribution in [0.3, 0.4) is 0 Å². The van der Waals surface area contributed by atoms with Gasteiger partial charge in [0.1, 0.15) is 11.8 Å². The fourth-order valence-electron chi connectivity index (χ4n) is 3.70. The molecule has 3 aromatic carbocycles. The van der Waals surface area contributed by atoms with E-state index in [0.29, 0.717) is 29.7 Å². The molecule has 36 heavy (non-hydrogen) atoms. The first kappa shape index (κ1) is 27.8. The van der Waals surface area contributed by atoms with Crippen LogP contribution >= 0.6 is 27.5 Å². The van der Waals surface area contributed by atoms with Crippen LogP contribution in [-0.4, -0.2) is 35.9 Å². The Morgan fingerprint density at radius 2 is 1.69 bits per heavy atom. The van der Waals surface area contributed by atoms with E-state index in [2.05, 4.69) is 21.2 Å². The lowest BCUT2D eigenvalue weighted by Gasteiger charge is -2.31. The van der Waals surface area contributed by atoms with Gasteiger partial charge in [-0.25, -0.2) is 0 Å². The lowest BCUT2D eigenvalue weighted by Crippen LogP contribution is -2.52. The first-order chi connectivity index (χ1) is 17.2. The first-order valence-corrected chi connectivity index (χ1v) is 13.1. The Labute approximate surface area is 226 Å². The predicted octanol–water partition coefficient (Wildman–Crippen LogP) is 6.20. The molecule has 0 aromatic heterocycles. The summed E-state index contributed by atoms with van der Waals surface area (Å²) in [5.74, 6) is 0.391. The van der Waals surface area contributed by atoms with Gasteiger partial charge in [-0.15, -0.1) is 0 Å². The van der Waals surface area contributed by atoms with Crippen molar-refractivity contribution in [3.05, 3.63) is 99.0 Å². The number of halogens is 2. The Bertz CT molecular complexity index is 1150. The molecule has 0 saturated heterocycles. The monoisotopic (exact) mass is 570 g/mol. The van der Waals surface area contributed by atoms with E-state index in [-0.39, 0.29) is 25.0 Å². The minimum atomic E-state index is -0.696. The van der Waals surface area contributed by atoms with E-state index in [4.69, 9.17) is 16.3 Å². The summed E-state index contributed by atoms with van der Waals surface area (Å²) in [7, 11) is 0. The minimum Gasteiger partial charge on any atom is -0.484 e. The Morgan fingerprint density at radius 1 is 1.00 bits per heavy atom. The summed E-state index contributed by atoms with van der Waals surface area (Å²) < 4.78 is 6.78. The van der Waals surface area contributed by atoms with Crippen molar-refractivity contribution in [2.24, 2.45) is 5.92 Å². The molecule has 0 radical (unpaired) electrons. The van der Waals surface area contributed by atoms with Crippen molar-refractivity contribution in [1.29, 1.82) is 0 Å². The van der Waals surface area contributed by atoms with Crippen molar-refractivity contribution >= 4 is 39.3 Å². The van der Waals surface area contributed by atoms with Crippen molar-refractivity contribution in [3.8, 4) is 5.75 Å². The number of hydrogen-bond acceptors (Lipinski definition) is 3. The molecular formula is C29H32BrClN2O3. The van der Waals surface area contributed by atoms with Gasteiger partial charge in [0.05, 0.1) is 0 Å². The summed E-state index contributed by atoms with van der Waals surface area (Å²) >= 11 is 9.58. The van der Waals surface area contributed by atoms with Gasteiger partial charge >= 0.3 is 0 Å². The normalized spacial score (nSPS) is 11.7. The highest BCUT2D eigenvalue weighted by Gasteiger charge is 2.30. The van der Waals surface area contributed by atoms with Crippen molar-refractivity contribution in [3.63, 3.8) is 0 Å². The highest BCUT2D eigenvalue weighted by atomic mass is 79.9. The molecule has 0 saturated carbocycles. The topological polar surface area (TPSA) is 58.6 Å². The standard InChI is InChI=1S/C29H32BrClN2O3/c1-20(2)17-32-29(35)27(16-22-7-5-4-6-8-22)33(18-23-9-11-24(30)12-10-23)28(34)19-36-25-13-14-26(31)21(3)15-25/h4-15,20,27H,16-19H2,1-3H3,(H,32,35). The number of rotatable bonds is 11. The van der Waals surface area contributed by atoms with Crippen LogP contribution in [0, 0.1) is 12.8 Å². The van der Waals surface area contributed by atoms with Crippen LogP contribution in [0.15, 0.2) is 77.3 Å². The first-order valence-electron chi connectivity index (χ1n) is 12.0. The smallest absolute Gasteiger partial charge is 0.261 e. The predicted molar refractivity (Wildman–Crippen MR) is 148 cm³/mol. The van der Waals surface area contributed by atoms with E-state index in [1.165, 1.54) is 0 Å². The molecule has 7 heteroatoms. The van der Waals surface area contributed by atoms with Gasteiger partial charge in [-0.05, 0) is 59.9 Å². The lowest BCUT2D eigenvalue weighted by molar-refractivity contribution is -0.142. The van der Waals surface area contributed by atoms with Crippen molar-refractivity contribution in [2.45, 2.75) is 39.8 Å². The lowest BCUT2D eigenvalue weighted by atomic mass is 10.0. The second kappa shape index (κ2) is 13.5. The highest BCUT2D eigenvalue weighted by molar-refractivity contribution is 9.10. The van der Waals surface area contributed by atoms with Crippen LogP contribution < -0.4 is 10.1 Å². The molecule has 0 aliphatic rings. The number of benzene rings is 3. The summed E-state index contributed by atoms with van der Waals surface area (Å²) in [5.41, 5.74) is 2.76. The fourth-order valence-corrected chi connectivity index (χ4v) is 4.08. The molecule has 190 valence electrons. The fraction of sp³-hybridized carbons (Fsp3) is 0.310. The van der Waals surface area contributed by atoms with Gasteiger partial charge in [0, 0.05) is 29.0 Å². The number of carbonyl (C=O) groups is 2. The molecular weight excluding hydrogens is 540 g/mol. The van der Waals surface area contributed by atoms with E-state index < -0.39 is 6.04 Å². The number of amides is 2. The van der Waals surface area contributed by atoms with Crippen LogP contribution in [0.25, 0.3) is 0 Å². The average molecular weight is 572 g/mol. The van der Waals surface area contributed by atoms with Gasteiger partial charge in [-0.3, -0.25) is 9.59 Å². The van der Waals surface area contributed by atoms with Gasteiger partial charge < -0.3 is 15.0 Å². The molecule has 0 aliphatic heterocycles. The highest BCUT2D eigenvalue weighted by Crippen LogP contribution is 2.22. The third kappa shape index (κ3) is 8.38. The van der Waals surface area contributed by atoms with Gasteiger partial charge in [0.2, 0.25) is 5.91 Å². The molecule has 0 aliphatic carbocycles. The van der Waals surface area contributed by atoms with Crippen LogP contribution in [0.5, 0.6) is 5.75 Å². The zero-order valence-corrected chi connectivity index (χ0v) is 23.2. The number of nitrogens with zero attached hydrogens (tertiary/aromatic N) is 1. The molecule has 0 heterocycles.